The molecule has 0 bridgehead atoms. The molecule has 1 unspecified atom stereocenters. The van der Waals surface area contributed by atoms with E-state index >= 15 is 0 Å². The summed E-state index contributed by atoms with van der Waals surface area (Å²) in [7, 11) is 0. The van der Waals surface area contributed by atoms with E-state index in [1.54, 1.807) is 0 Å². The molecule has 1 N–H and O–H groups in total. The van der Waals surface area contributed by atoms with Crippen molar-refractivity contribution in [2.24, 2.45) is 0 Å². The van der Waals surface area contributed by atoms with Gasteiger partial charge in [0.2, 0.25) is 0 Å². The van der Waals surface area contributed by atoms with Crippen molar-refractivity contribution < 1.29 is 85.4 Å². The maximum Gasteiger partial charge on any atom is 4.00 e. The number of carboxylic acids is 1. The number of carboxylic acid groups (broad SMARTS) is 1. The van der Waals surface area contributed by atoms with E-state index in [1.807, 2.05) is 37.3 Å². The van der Waals surface area contributed by atoms with Crippen molar-refractivity contribution >= 4 is 5.97 Å². The van der Waals surface area contributed by atoms with Gasteiger partial charge in [0, 0.05) is 0 Å². The average molecular weight is 485 g/mol. The predicted octanol–water partition coefficient (Wildman–Crippen LogP) is -9.72. The van der Waals surface area contributed by atoms with Crippen molar-refractivity contribution in [2.45, 2.75) is 19.3 Å². The molecule has 1 aromatic carbocycles. The summed E-state index contributed by atoms with van der Waals surface area (Å²) in [6, 6.07) is 9.31. The van der Waals surface area contributed by atoms with Crippen LogP contribution in [-0.2, 0) is 30.6 Å². The third-order valence-electron chi connectivity index (χ3n) is 1.91. The monoisotopic (exact) mass is 484 g/mol. The number of hydrogen-bond acceptors (Lipinski definition) is 1. The third kappa shape index (κ3) is 10.3. The number of aliphatic carboxylic acids is 1. The summed E-state index contributed by atoms with van der Waals surface area (Å²) in [5.74, 6) is -1.10. The topological polar surface area (TPSA) is 37.3 Å². The smallest absolute Gasteiger partial charge is 1.00 e. The Morgan fingerprint density at radius 2 is 1.53 bits per heavy atom. The van der Waals surface area contributed by atoms with Crippen LogP contribution in [0, 0.1) is 0 Å². The number of halogens is 4. The minimum Gasteiger partial charge on any atom is -1.00 e. The minimum absolute atomic E-state index is 0. The molecule has 2 nitrogen and oxygen atoms in total. The van der Waals surface area contributed by atoms with Gasteiger partial charge in [0.25, 0.3) is 0 Å². The summed E-state index contributed by atoms with van der Waals surface area (Å²) < 4.78 is 0. The van der Waals surface area contributed by atoms with Crippen LogP contribution in [0.25, 0.3) is 0 Å². The molecule has 17 heavy (non-hydrogen) atoms. The zero-order valence-corrected chi connectivity index (χ0v) is 15.7. The Labute approximate surface area is 145 Å². The van der Waals surface area contributed by atoms with E-state index in [2.05, 4.69) is 0 Å². The Hall–Kier alpha value is 0.720. The maximum absolute atomic E-state index is 10.7. The van der Waals surface area contributed by atoms with E-state index in [1.165, 1.54) is 0 Å². The molecule has 96 valence electrons. The molecule has 7 heteroatoms. The van der Waals surface area contributed by atoms with Crippen LogP contribution in [0.5, 0.6) is 0 Å². The van der Waals surface area contributed by atoms with E-state index in [4.69, 9.17) is 5.11 Å². The van der Waals surface area contributed by atoms with Crippen LogP contribution in [0.2, 0.25) is 0 Å². The summed E-state index contributed by atoms with van der Waals surface area (Å²) >= 11 is 0. The normalized spacial score (nSPS) is 8.76. The first-order valence-corrected chi connectivity index (χ1v) is 4.03. The van der Waals surface area contributed by atoms with E-state index < -0.39 is 5.97 Å². The molecule has 0 spiro atoms. The third-order valence-corrected chi connectivity index (χ3v) is 1.91. The van der Waals surface area contributed by atoms with Crippen molar-refractivity contribution in [1.82, 2.24) is 0 Å². The molecule has 0 aromatic heterocycles. The van der Waals surface area contributed by atoms with Crippen molar-refractivity contribution in [2.75, 3.05) is 0 Å². The first-order chi connectivity index (χ1) is 5.75. The van der Waals surface area contributed by atoms with E-state index in [0.717, 1.165) is 5.56 Å². The van der Waals surface area contributed by atoms with E-state index in [9.17, 15) is 4.79 Å². The molecule has 0 saturated heterocycles. The Kier molecular flexibility index (Phi) is 30.1. The van der Waals surface area contributed by atoms with Gasteiger partial charge in [-0.15, -0.1) is 0 Å². The molecule has 0 heterocycles. The molecule has 0 aliphatic carbocycles. The largest absolute Gasteiger partial charge is 4.00 e. The molecule has 0 fully saturated rings. The van der Waals surface area contributed by atoms with Gasteiger partial charge >= 0.3 is 31.8 Å². The van der Waals surface area contributed by atoms with Crippen LogP contribution in [0.15, 0.2) is 30.3 Å². The first-order valence-electron chi connectivity index (χ1n) is 4.03. The van der Waals surface area contributed by atoms with Crippen molar-refractivity contribution in [1.29, 1.82) is 0 Å². The molecule has 0 aliphatic heterocycles. The van der Waals surface area contributed by atoms with Crippen molar-refractivity contribution in [3.05, 3.63) is 35.9 Å². The molecular weight excluding hydrogens is 472 g/mol. The van der Waals surface area contributed by atoms with E-state index in [-0.39, 0.29) is 81.4 Å². The Bertz CT molecular complexity index is 272. The van der Waals surface area contributed by atoms with Crippen LogP contribution >= 0.6 is 0 Å². The molecule has 0 amide bonds. The number of benzene rings is 1. The van der Waals surface area contributed by atoms with E-state index in [0.29, 0.717) is 6.42 Å². The fourth-order valence-corrected chi connectivity index (χ4v) is 1.24. The number of hydrogen-bond donors (Lipinski definition) is 1. The summed E-state index contributed by atoms with van der Waals surface area (Å²) in [6.07, 6.45) is 0.638. The fraction of sp³-hybridized carbons (Fsp3) is 0.300. The van der Waals surface area contributed by atoms with Gasteiger partial charge in [0.1, 0.15) is 0 Å². The van der Waals surface area contributed by atoms with Gasteiger partial charge in [-0.05, 0) is 12.0 Å². The SMILES string of the molecule is CCC(C(=O)O)c1ccccc1.[Cl-].[Cl-].[Cl-].[Cl-].[Hf+4]. The van der Waals surface area contributed by atoms with Gasteiger partial charge in [-0.1, -0.05) is 37.3 Å². The Morgan fingerprint density at radius 3 is 1.82 bits per heavy atom. The minimum atomic E-state index is -0.747. The summed E-state index contributed by atoms with van der Waals surface area (Å²) in [6.45, 7) is 1.88. The van der Waals surface area contributed by atoms with Crippen LogP contribution in [0.4, 0.5) is 0 Å². The van der Waals surface area contributed by atoms with Gasteiger partial charge in [-0.3, -0.25) is 4.79 Å². The molecule has 1 atom stereocenters. The van der Waals surface area contributed by atoms with Gasteiger partial charge in [0.05, 0.1) is 5.92 Å². The second-order valence-electron chi connectivity index (χ2n) is 2.71. The van der Waals surface area contributed by atoms with Crippen LogP contribution in [-0.4, -0.2) is 11.1 Å². The zero-order chi connectivity index (χ0) is 8.97. The zero-order valence-electron chi connectivity index (χ0n) is 9.04. The second kappa shape index (κ2) is 16.7. The number of rotatable bonds is 3. The summed E-state index contributed by atoms with van der Waals surface area (Å²) in [4.78, 5) is 10.7. The second-order valence-corrected chi connectivity index (χ2v) is 2.71. The van der Waals surface area contributed by atoms with Crippen LogP contribution < -0.4 is 49.6 Å². The van der Waals surface area contributed by atoms with Crippen LogP contribution in [0.1, 0.15) is 24.8 Å². The van der Waals surface area contributed by atoms with Crippen LogP contribution in [0.3, 0.4) is 0 Å². The van der Waals surface area contributed by atoms with Gasteiger partial charge in [0.15, 0.2) is 0 Å². The molecule has 0 aliphatic rings. The average Bonchev–Trinajstić information content (AvgIpc) is 2.07. The number of carbonyl (C=O) groups is 1. The molecule has 0 saturated carbocycles. The fourth-order valence-electron chi connectivity index (χ4n) is 1.24. The first kappa shape index (κ1) is 30.6. The Balaban J connectivity index is -0.0000000960. The molecule has 1 aromatic rings. The predicted molar refractivity (Wildman–Crippen MR) is 47.1 cm³/mol. The summed E-state index contributed by atoms with van der Waals surface area (Å²) in [5.41, 5.74) is 0.882. The molecular formula is C10H12Cl4HfO2. The maximum atomic E-state index is 10.7. The molecule has 0 radical (unpaired) electrons. The van der Waals surface area contributed by atoms with Gasteiger partial charge in [-0.25, -0.2) is 0 Å². The quantitative estimate of drug-likeness (QED) is 0.433. The Morgan fingerprint density at radius 1 is 1.12 bits per heavy atom. The van der Waals surface area contributed by atoms with Crippen molar-refractivity contribution in [3.8, 4) is 0 Å². The molecule has 1 rings (SSSR count). The summed E-state index contributed by atoms with van der Waals surface area (Å²) in [5, 5.41) is 8.83. The standard InChI is InChI=1S/C10H12O2.4ClH.Hf/c1-2-9(10(11)12)8-6-4-3-5-7-8;;;;;/h3-7,9H,2H2,1H3,(H,11,12);4*1H;/q;;;;;+4/p-4. The van der Waals surface area contributed by atoms with Gasteiger partial charge in [-0.2, -0.15) is 0 Å². The van der Waals surface area contributed by atoms with Gasteiger partial charge < -0.3 is 54.7 Å². The van der Waals surface area contributed by atoms with Crippen molar-refractivity contribution in [3.63, 3.8) is 0 Å².